The van der Waals surface area contributed by atoms with E-state index in [-0.39, 0.29) is 11.6 Å². The molecule has 0 radical (unpaired) electrons. The summed E-state index contributed by atoms with van der Waals surface area (Å²) in [7, 11) is 0. The Morgan fingerprint density at radius 3 is 2.63 bits per heavy atom. The summed E-state index contributed by atoms with van der Waals surface area (Å²) < 4.78 is 18.1. The number of halogens is 1. The van der Waals surface area contributed by atoms with Crippen molar-refractivity contribution >= 4 is 34.2 Å². The van der Waals surface area contributed by atoms with Crippen LogP contribution in [0.1, 0.15) is 60.0 Å². The summed E-state index contributed by atoms with van der Waals surface area (Å²) in [6.45, 7) is 6.09. The standard InChI is InChI=1S/C29H35FN6O4S/c1-3-21-5-4-8-36(21)16-24-26(20-11-18(2)12-22(13-20)40-17-30)33-29(41-24)34-27(37)23-14-32-25(15-31-23)35-9-6-19(7-10-35)28(38)39/h11-15,19,21H,3-10,16-17H2,1-2H3,(H,38,39)(H,33,34,37)/t21-/m1/s1. The molecule has 1 atom stereocenters. The van der Waals surface area contributed by atoms with E-state index >= 15 is 0 Å². The van der Waals surface area contributed by atoms with E-state index in [1.165, 1.54) is 24.0 Å². The molecule has 0 spiro atoms. The zero-order valence-corrected chi connectivity index (χ0v) is 24.1. The minimum absolute atomic E-state index is 0.159. The predicted octanol–water partition coefficient (Wildman–Crippen LogP) is 5.14. The first-order chi connectivity index (χ1) is 19.8. The first-order valence-electron chi connectivity index (χ1n) is 14.0. The van der Waals surface area contributed by atoms with Gasteiger partial charge in [-0.3, -0.25) is 19.8 Å². The van der Waals surface area contributed by atoms with Gasteiger partial charge in [-0.2, -0.15) is 0 Å². The van der Waals surface area contributed by atoms with Gasteiger partial charge < -0.3 is 14.7 Å². The second-order valence-corrected chi connectivity index (χ2v) is 11.7. The van der Waals surface area contributed by atoms with Gasteiger partial charge >= 0.3 is 5.97 Å². The van der Waals surface area contributed by atoms with Crippen LogP contribution in [0.4, 0.5) is 15.3 Å². The van der Waals surface area contributed by atoms with Crippen LogP contribution in [0.5, 0.6) is 5.75 Å². The number of amides is 1. The molecule has 0 aliphatic carbocycles. The third kappa shape index (κ3) is 6.82. The zero-order chi connectivity index (χ0) is 28.9. The lowest BCUT2D eigenvalue weighted by molar-refractivity contribution is -0.142. The van der Waals surface area contributed by atoms with Crippen LogP contribution in [0.25, 0.3) is 11.3 Å². The number of thiazole rings is 1. The van der Waals surface area contributed by atoms with Gasteiger partial charge in [0.1, 0.15) is 17.3 Å². The molecule has 2 N–H and O–H groups in total. The number of aliphatic carboxylic acids is 1. The molecular weight excluding hydrogens is 547 g/mol. The number of alkyl halides is 1. The Morgan fingerprint density at radius 2 is 1.95 bits per heavy atom. The van der Waals surface area contributed by atoms with E-state index in [0.29, 0.717) is 55.2 Å². The summed E-state index contributed by atoms with van der Waals surface area (Å²) >= 11 is 1.43. The smallest absolute Gasteiger partial charge is 0.306 e. The van der Waals surface area contributed by atoms with E-state index in [1.807, 2.05) is 17.9 Å². The number of hydrogen-bond acceptors (Lipinski definition) is 9. The van der Waals surface area contributed by atoms with Crippen LogP contribution < -0.4 is 15.0 Å². The van der Waals surface area contributed by atoms with Gasteiger partial charge in [-0.25, -0.2) is 19.3 Å². The van der Waals surface area contributed by atoms with E-state index in [4.69, 9.17) is 9.72 Å². The van der Waals surface area contributed by atoms with Gasteiger partial charge in [-0.1, -0.05) is 18.3 Å². The number of piperidine rings is 1. The molecule has 2 aliphatic rings. The fourth-order valence-electron chi connectivity index (χ4n) is 5.64. The van der Waals surface area contributed by atoms with Crippen molar-refractivity contribution in [3.8, 4) is 17.0 Å². The molecule has 5 rings (SSSR count). The maximum absolute atomic E-state index is 13.1. The molecule has 1 amide bonds. The number of benzene rings is 1. The molecule has 12 heteroatoms. The first kappa shape index (κ1) is 28.9. The fourth-order valence-corrected chi connectivity index (χ4v) is 6.64. The molecule has 4 heterocycles. The van der Waals surface area contributed by atoms with Gasteiger partial charge in [0.05, 0.1) is 24.0 Å². The molecule has 2 saturated heterocycles. The SMILES string of the molecule is CC[C@@H]1CCCN1Cc1sc(NC(=O)c2cnc(N3CCC(C(=O)O)CC3)cn2)nc1-c1cc(C)cc(OCF)c1. The summed E-state index contributed by atoms with van der Waals surface area (Å²) in [5.74, 6) is -0.469. The summed E-state index contributed by atoms with van der Waals surface area (Å²) in [6, 6.07) is 6.05. The van der Waals surface area contributed by atoms with Crippen LogP contribution in [0.15, 0.2) is 30.6 Å². The van der Waals surface area contributed by atoms with Gasteiger partial charge in [0.2, 0.25) is 6.86 Å². The minimum atomic E-state index is -0.916. The average Bonchev–Trinajstić information content (AvgIpc) is 3.59. The topological polar surface area (TPSA) is 121 Å². The summed E-state index contributed by atoms with van der Waals surface area (Å²) in [5, 5.41) is 12.6. The Hall–Kier alpha value is -3.64. The van der Waals surface area contributed by atoms with Crippen LogP contribution in [0.2, 0.25) is 0 Å². The zero-order valence-electron chi connectivity index (χ0n) is 23.3. The van der Waals surface area contributed by atoms with Crippen molar-refractivity contribution in [1.29, 1.82) is 0 Å². The largest absolute Gasteiger partial charge is 0.481 e. The minimum Gasteiger partial charge on any atom is -0.481 e. The molecule has 218 valence electrons. The van der Waals surface area contributed by atoms with Crippen molar-refractivity contribution in [2.45, 2.75) is 58.5 Å². The number of carbonyl (C=O) groups is 2. The predicted molar refractivity (Wildman–Crippen MR) is 155 cm³/mol. The monoisotopic (exact) mass is 582 g/mol. The Balaban J connectivity index is 1.34. The van der Waals surface area contributed by atoms with Gasteiger partial charge in [-0.15, -0.1) is 0 Å². The Morgan fingerprint density at radius 1 is 1.15 bits per heavy atom. The van der Waals surface area contributed by atoms with E-state index in [2.05, 4.69) is 27.1 Å². The third-order valence-corrected chi connectivity index (χ3v) is 8.77. The van der Waals surface area contributed by atoms with E-state index in [0.717, 1.165) is 41.1 Å². The van der Waals surface area contributed by atoms with Gasteiger partial charge in [0.25, 0.3) is 5.91 Å². The lowest BCUT2D eigenvalue weighted by atomic mass is 9.97. The summed E-state index contributed by atoms with van der Waals surface area (Å²) in [6.07, 6.45) is 7.47. The number of nitrogens with zero attached hydrogens (tertiary/aromatic N) is 5. The van der Waals surface area contributed by atoms with Crippen LogP contribution in [0, 0.1) is 12.8 Å². The normalized spacial score (nSPS) is 18.0. The second-order valence-electron chi connectivity index (χ2n) is 10.6. The Bertz CT molecular complexity index is 1380. The van der Waals surface area contributed by atoms with Crippen molar-refractivity contribution in [1.82, 2.24) is 19.9 Å². The lowest BCUT2D eigenvalue weighted by Crippen LogP contribution is -2.36. The van der Waals surface area contributed by atoms with Gasteiger partial charge in [0, 0.05) is 36.1 Å². The Labute approximate surface area is 242 Å². The molecule has 1 aromatic carbocycles. The second kappa shape index (κ2) is 12.9. The molecule has 2 fully saturated rings. The molecule has 0 unspecified atom stereocenters. The molecule has 2 aromatic heterocycles. The van der Waals surface area contributed by atoms with Crippen molar-refractivity contribution in [2.24, 2.45) is 5.92 Å². The molecule has 41 heavy (non-hydrogen) atoms. The highest BCUT2D eigenvalue weighted by Crippen LogP contribution is 2.36. The number of ether oxygens (including phenoxy) is 1. The summed E-state index contributed by atoms with van der Waals surface area (Å²) in [4.78, 5) is 43.3. The van der Waals surface area contributed by atoms with Crippen molar-refractivity contribution in [3.05, 3.63) is 46.7 Å². The number of rotatable bonds is 10. The highest BCUT2D eigenvalue weighted by molar-refractivity contribution is 7.16. The van der Waals surface area contributed by atoms with Crippen LogP contribution >= 0.6 is 11.3 Å². The van der Waals surface area contributed by atoms with E-state index < -0.39 is 18.7 Å². The molecule has 0 bridgehead atoms. The number of carboxylic acids is 1. The Kier molecular flexibility index (Phi) is 9.09. The van der Waals surface area contributed by atoms with Crippen molar-refractivity contribution < 1.29 is 23.8 Å². The molecule has 3 aromatic rings. The van der Waals surface area contributed by atoms with Gasteiger partial charge in [-0.05, 0) is 69.3 Å². The van der Waals surface area contributed by atoms with E-state index in [9.17, 15) is 19.1 Å². The number of carboxylic acid groups (broad SMARTS) is 1. The van der Waals surface area contributed by atoms with Crippen LogP contribution in [-0.2, 0) is 11.3 Å². The number of carbonyl (C=O) groups excluding carboxylic acids is 1. The maximum Gasteiger partial charge on any atom is 0.306 e. The number of aromatic nitrogens is 3. The number of anilines is 2. The molecule has 10 nitrogen and oxygen atoms in total. The summed E-state index contributed by atoms with van der Waals surface area (Å²) in [5.41, 5.74) is 2.63. The van der Waals surface area contributed by atoms with Crippen molar-refractivity contribution in [3.63, 3.8) is 0 Å². The fraction of sp³-hybridized carbons (Fsp3) is 0.483. The van der Waals surface area contributed by atoms with Crippen LogP contribution in [0.3, 0.4) is 0 Å². The van der Waals surface area contributed by atoms with Crippen molar-refractivity contribution in [2.75, 3.05) is 36.7 Å². The number of aryl methyl sites for hydroxylation is 1. The maximum atomic E-state index is 13.1. The quantitative estimate of drug-likeness (QED) is 0.335. The molecule has 0 saturated carbocycles. The highest BCUT2D eigenvalue weighted by atomic mass is 32.1. The molecular formula is C29H35FN6O4S. The number of hydrogen-bond donors (Lipinski definition) is 2. The average molecular weight is 583 g/mol. The highest BCUT2D eigenvalue weighted by Gasteiger charge is 2.27. The van der Waals surface area contributed by atoms with Crippen LogP contribution in [-0.4, -0.2) is 69.4 Å². The lowest BCUT2D eigenvalue weighted by Gasteiger charge is -2.30. The molecule has 2 aliphatic heterocycles. The third-order valence-electron chi connectivity index (χ3n) is 7.82. The number of nitrogens with one attached hydrogen (secondary N) is 1. The first-order valence-corrected chi connectivity index (χ1v) is 14.8. The van der Waals surface area contributed by atoms with Gasteiger partial charge in [0.15, 0.2) is 5.13 Å². The number of likely N-dealkylation sites (tertiary alicyclic amines) is 1. The van der Waals surface area contributed by atoms with E-state index in [1.54, 1.807) is 18.3 Å².